The Labute approximate surface area is 96.3 Å². The van der Waals surface area contributed by atoms with E-state index in [0.717, 1.165) is 0 Å². The van der Waals surface area contributed by atoms with Gasteiger partial charge in [-0.2, -0.15) is 0 Å². The van der Waals surface area contributed by atoms with Crippen LogP contribution in [0.2, 0.25) is 0 Å². The van der Waals surface area contributed by atoms with Crippen LogP contribution in [0.5, 0.6) is 0 Å². The maximum absolute atomic E-state index is 10.9. The molecule has 17 heavy (non-hydrogen) atoms. The molecule has 0 aliphatic carbocycles. The second-order valence-corrected chi connectivity index (χ2v) is 4.19. The van der Waals surface area contributed by atoms with E-state index in [1.165, 1.54) is 6.92 Å². The molecule has 0 radical (unpaired) electrons. The zero-order chi connectivity index (χ0) is 12.8. The summed E-state index contributed by atoms with van der Waals surface area (Å²) < 4.78 is 15.0. The average molecular weight is 250 g/mol. The fourth-order valence-corrected chi connectivity index (χ4v) is 1.85. The number of hydrogen-bond acceptors (Lipinski definition) is 7. The number of ether oxygens (including phenoxy) is 3. The maximum atomic E-state index is 10.9. The zero-order valence-corrected chi connectivity index (χ0v) is 9.02. The second kappa shape index (κ2) is 4.16. The molecule has 0 aromatic heterocycles. The topological polar surface area (TPSA) is 126 Å². The van der Waals surface area contributed by atoms with Crippen LogP contribution in [0.1, 0.15) is 6.92 Å². The second-order valence-electron chi connectivity index (χ2n) is 4.19. The Bertz CT molecular complexity index is 318. The highest BCUT2D eigenvalue weighted by Gasteiger charge is 2.53. The SMILES string of the molecule is C[C@]1(C(=O)O)OC[C@H]2O[C@H](O)[C@@H](O)[C@@H](O)[C@@H]2O1. The van der Waals surface area contributed by atoms with Gasteiger partial charge in [0.05, 0.1) is 6.61 Å². The highest BCUT2D eigenvalue weighted by Crippen LogP contribution is 2.32. The fraction of sp³-hybridized carbons (Fsp3) is 0.889. The average Bonchev–Trinajstić information content (AvgIpc) is 2.27. The summed E-state index contributed by atoms with van der Waals surface area (Å²) in [6, 6.07) is 0. The van der Waals surface area contributed by atoms with E-state index < -0.39 is 42.5 Å². The van der Waals surface area contributed by atoms with Gasteiger partial charge in [-0.05, 0) is 0 Å². The quantitative estimate of drug-likeness (QED) is 0.407. The van der Waals surface area contributed by atoms with E-state index in [0.29, 0.717) is 0 Å². The molecule has 98 valence electrons. The third-order valence-corrected chi connectivity index (χ3v) is 2.93. The molecule has 0 aromatic rings. The molecule has 2 saturated heterocycles. The van der Waals surface area contributed by atoms with Crippen molar-refractivity contribution in [1.29, 1.82) is 0 Å². The van der Waals surface area contributed by atoms with Gasteiger partial charge in [-0.15, -0.1) is 0 Å². The molecule has 0 aromatic carbocycles. The first kappa shape index (κ1) is 12.7. The summed E-state index contributed by atoms with van der Waals surface area (Å²) in [5, 5.41) is 37.3. The molecule has 2 aliphatic heterocycles. The molecule has 2 rings (SSSR count). The Morgan fingerprint density at radius 2 is 1.94 bits per heavy atom. The number of aliphatic hydroxyl groups is 3. The lowest BCUT2D eigenvalue weighted by molar-refractivity contribution is -0.373. The molecular formula is C9H14O8. The van der Waals surface area contributed by atoms with E-state index in [-0.39, 0.29) is 6.61 Å². The summed E-state index contributed by atoms with van der Waals surface area (Å²) in [6.45, 7) is 1.03. The summed E-state index contributed by atoms with van der Waals surface area (Å²) in [5.74, 6) is -3.24. The fourth-order valence-electron chi connectivity index (χ4n) is 1.85. The molecule has 2 aliphatic rings. The molecule has 0 unspecified atom stereocenters. The Balaban J connectivity index is 2.16. The van der Waals surface area contributed by atoms with E-state index >= 15 is 0 Å². The number of fused-ring (bicyclic) bond motifs is 1. The lowest BCUT2D eigenvalue weighted by Gasteiger charge is -2.47. The van der Waals surface area contributed by atoms with Crippen LogP contribution in [0.3, 0.4) is 0 Å². The van der Waals surface area contributed by atoms with E-state index in [2.05, 4.69) is 0 Å². The van der Waals surface area contributed by atoms with Crippen LogP contribution in [-0.2, 0) is 19.0 Å². The highest BCUT2D eigenvalue weighted by atomic mass is 16.8. The number of carboxylic acids is 1. The monoisotopic (exact) mass is 250 g/mol. The lowest BCUT2D eigenvalue weighted by atomic mass is 9.97. The Morgan fingerprint density at radius 1 is 1.29 bits per heavy atom. The van der Waals surface area contributed by atoms with Crippen molar-refractivity contribution in [3.8, 4) is 0 Å². The number of carboxylic acid groups (broad SMARTS) is 1. The largest absolute Gasteiger partial charge is 0.477 e. The van der Waals surface area contributed by atoms with Gasteiger partial charge in [0.1, 0.15) is 24.4 Å². The third-order valence-electron chi connectivity index (χ3n) is 2.93. The number of aliphatic carboxylic acids is 1. The van der Waals surface area contributed by atoms with Gasteiger partial charge < -0.3 is 34.6 Å². The molecule has 8 nitrogen and oxygen atoms in total. The van der Waals surface area contributed by atoms with Crippen molar-refractivity contribution in [2.45, 2.75) is 43.4 Å². The minimum absolute atomic E-state index is 0.158. The molecule has 0 amide bonds. The third kappa shape index (κ3) is 2.03. The van der Waals surface area contributed by atoms with E-state index in [1.54, 1.807) is 0 Å². The maximum Gasteiger partial charge on any atom is 0.364 e. The summed E-state index contributed by atoms with van der Waals surface area (Å²) >= 11 is 0. The normalized spacial score (nSPS) is 50.7. The predicted molar refractivity (Wildman–Crippen MR) is 49.8 cm³/mol. The molecule has 4 N–H and O–H groups in total. The van der Waals surface area contributed by atoms with Gasteiger partial charge in [0.25, 0.3) is 5.79 Å². The van der Waals surface area contributed by atoms with E-state index in [4.69, 9.17) is 19.3 Å². The molecule has 8 heteroatoms. The highest BCUT2D eigenvalue weighted by molar-refractivity contribution is 5.75. The van der Waals surface area contributed by atoms with Crippen LogP contribution >= 0.6 is 0 Å². The van der Waals surface area contributed by atoms with Gasteiger partial charge in [-0.25, -0.2) is 4.79 Å². The molecule has 0 saturated carbocycles. The number of rotatable bonds is 1. The van der Waals surface area contributed by atoms with E-state index in [9.17, 15) is 20.1 Å². The lowest BCUT2D eigenvalue weighted by Crippen LogP contribution is -2.66. The van der Waals surface area contributed by atoms with Crippen molar-refractivity contribution in [3.63, 3.8) is 0 Å². The van der Waals surface area contributed by atoms with Crippen molar-refractivity contribution in [1.82, 2.24) is 0 Å². The summed E-state index contributed by atoms with van der Waals surface area (Å²) in [7, 11) is 0. The van der Waals surface area contributed by atoms with Gasteiger partial charge in [-0.1, -0.05) is 0 Å². The van der Waals surface area contributed by atoms with Gasteiger partial charge in [-0.3, -0.25) is 0 Å². The van der Waals surface area contributed by atoms with Crippen LogP contribution in [0.25, 0.3) is 0 Å². The van der Waals surface area contributed by atoms with Crippen molar-refractivity contribution in [2.24, 2.45) is 0 Å². The number of hydrogen-bond donors (Lipinski definition) is 4. The first-order chi connectivity index (χ1) is 7.85. The van der Waals surface area contributed by atoms with Crippen LogP contribution < -0.4 is 0 Å². The predicted octanol–water partition coefficient (Wildman–Crippen LogP) is -2.36. The molecular weight excluding hydrogens is 236 g/mol. The molecule has 0 spiro atoms. The van der Waals surface area contributed by atoms with Crippen LogP contribution in [0.15, 0.2) is 0 Å². The summed E-state index contributed by atoms with van der Waals surface area (Å²) in [5.41, 5.74) is 0. The number of carbonyl (C=O) groups is 1. The zero-order valence-electron chi connectivity index (χ0n) is 9.02. The Morgan fingerprint density at radius 3 is 2.53 bits per heavy atom. The minimum atomic E-state index is -1.90. The van der Waals surface area contributed by atoms with Crippen molar-refractivity contribution >= 4 is 5.97 Å². The molecule has 2 fully saturated rings. The van der Waals surface area contributed by atoms with Crippen molar-refractivity contribution in [2.75, 3.05) is 6.61 Å². The molecule has 0 bridgehead atoms. The number of aliphatic hydroxyl groups excluding tert-OH is 3. The Hall–Kier alpha value is -0.770. The first-order valence-corrected chi connectivity index (χ1v) is 5.10. The van der Waals surface area contributed by atoms with Crippen LogP contribution in [0, 0.1) is 0 Å². The Kier molecular flexibility index (Phi) is 3.10. The smallest absolute Gasteiger partial charge is 0.364 e. The van der Waals surface area contributed by atoms with Gasteiger partial charge in [0.2, 0.25) is 0 Å². The van der Waals surface area contributed by atoms with Crippen LogP contribution in [-0.4, -0.2) is 69.5 Å². The minimum Gasteiger partial charge on any atom is -0.477 e. The molecule has 6 atom stereocenters. The summed E-state index contributed by atoms with van der Waals surface area (Å²) in [6.07, 6.45) is -6.43. The van der Waals surface area contributed by atoms with Crippen molar-refractivity contribution in [3.05, 3.63) is 0 Å². The summed E-state index contributed by atoms with van der Waals surface area (Å²) in [4.78, 5) is 10.9. The van der Waals surface area contributed by atoms with Gasteiger partial charge in [0, 0.05) is 6.92 Å². The standard InChI is InChI=1S/C9H14O8/c1-9(8(13)14)15-2-3-6(17-9)4(10)5(11)7(12)16-3/h3-7,10-12H,2H2,1H3,(H,13,14)/t3-,4-,5+,6-,7+,9+/m1/s1. The van der Waals surface area contributed by atoms with Gasteiger partial charge in [0.15, 0.2) is 6.29 Å². The van der Waals surface area contributed by atoms with E-state index in [1.807, 2.05) is 0 Å². The van der Waals surface area contributed by atoms with Gasteiger partial charge >= 0.3 is 5.97 Å². The van der Waals surface area contributed by atoms with Crippen molar-refractivity contribution < 1.29 is 39.4 Å². The molecule has 2 heterocycles. The first-order valence-electron chi connectivity index (χ1n) is 5.10. The van der Waals surface area contributed by atoms with Crippen LogP contribution in [0.4, 0.5) is 0 Å².